The standard InChI is InChI=1S/C9H14BrNO2/c1-6(10)5-11-4-3-8(7(11)2)9(12)13/h7-8H,1,3-5H2,2H3,(H,12,13). The smallest absolute Gasteiger partial charge is 0.308 e. The van der Waals surface area contributed by atoms with Gasteiger partial charge in [-0.15, -0.1) is 0 Å². The normalized spacial score (nSPS) is 29.1. The second-order valence-electron chi connectivity index (χ2n) is 3.46. The van der Waals surface area contributed by atoms with Crippen molar-refractivity contribution in [2.45, 2.75) is 19.4 Å². The van der Waals surface area contributed by atoms with E-state index in [0.29, 0.717) is 0 Å². The van der Waals surface area contributed by atoms with Crippen LogP contribution in [0.15, 0.2) is 11.1 Å². The molecule has 0 aromatic rings. The number of nitrogens with zero attached hydrogens (tertiary/aromatic N) is 1. The van der Waals surface area contributed by atoms with Crippen LogP contribution >= 0.6 is 15.9 Å². The van der Waals surface area contributed by atoms with E-state index in [9.17, 15) is 4.79 Å². The van der Waals surface area contributed by atoms with Crippen molar-refractivity contribution in [2.75, 3.05) is 13.1 Å². The largest absolute Gasteiger partial charge is 0.481 e. The molecule has 0 radical (unpaired) electrons. The van der Waals surface area contributed by atoms with E-state index in [1.165, 1.54) is 0 Å². The summed E-state index contributed by atoms with van der Waals surface area (Å²) in [5, 5.41) is 8.87. The second-order valence-corrected chi connectivity index (χ2v) is 4.58. The summed E-state index contributed by atoms with van der Waals surface area (Å²) in [6, 6.07) is 0.117. The molecule has 1 saturated heterocycles. The molecule has 0 bridgehead atoms. The molecule has 0 saturated carbocycles. The third-order valence-electron chi connectivity index (χ3n) is 2.58. The Hall–Kier alpha value is -0.350. The van der Waals surface area contributed by atoms with Crippen LogP contribution in [0.5, 0.6) is 0 Å². The first kappa shape index (κ1) is 10.7. The summed E-state index contributed by atoms with van der Waals surface area (Å²) in [6.45, 7) is 7.30. The number of rotatable bonds is 3. The Balaban J connectivity index is 2.54. The minimum atomic E-state index is -0.685. The van der Waals surface area contributed by atoms with E-state index in [1.54, 1.807) is 0 Å². The number of carboxylic acids is 1. The Kier molecular flexibility index (Phi) is 3.50. The van der Waals surface area contributed by atoms with Crippen molar-refractivity contribution in [2.24, 2.45) is 5.92 Å². The summed E-state index contributed by atoms with van der Waals surface area (Å²) in [5.41, 5.74) is 0. The molecule has 1 rings (SSSR count). The molecule has 2 atom stereocenters. The maximum atomic E-state index is 10.8. The lowest BCUT2D eigenvalue weighted by Crippen LogP contribution is -2.33. The molecule has 4 heteroatoms. The SMILES string of the molecule is C=C(Br)CN1CCC(C(=O)O)C1C. The first-order chi connectivity index (χ1) is 6.02. The number of aliphatic carboxylic acids is 1. The molecule has 2 unspecified atom stereocenters. The average molecular weight is 248 g/mol. The van der Waals surface area contributed by atoms with Crippen LogP contribution in [0, 0.1) is 5.92 Å². The van der Waals surface area contributed by atoms with E-state index in [0.717, 1.165) is 24.0 Å². The molecule has 0 aliphatic carbocycles. The van der Waals surface area contributed by atoms with E-state index in [2.05, 4.69) is 27.4 Å². The fraction of sp³-hybridized carbons (Fsp3) is 0.667. The molecule has 74 valence electrons. The van der Waals surface area contributed by atoms with Crippen molar-refractivity contribution in [3.63, 3.8) is 0 Å². The molecular formula is C9H14BrNO2. The lowest BCUT2D eigenvalue weighted by atomic mass is 10.0. The number of hydrogen-bond acceptors (Lipinski definition) is 2. The average Bonchev–Trinajstić information content (AvgIpc) is 2.32. The van der Waals surface area contributed by atoms with E-state index in [4.69, 9.17) is 5.11 Å². The highest BCUT2D eigenvalue weighted by Crippen LogP contribution is 2.25. The molecular weight excluding hydrogens is 234 g/mol. The molecule has 0 aromatic carbocycles. The van der Waals surface area contributed by atoms with Gasteiger partial charge in [0.15, 0.2) is 0 Å². The predicted molar refractivity (Wildman–Crippen MR) is 54.8 cm³/mol. The van der Waals surface area contributed by atoms with Crippen molar-refractivity contribution in [3.8, 4) is 0 Å². The van der Waals surface area contributed by atoms with Gasteiger partial charge in [0.2, 0.25) is 0 Å². The van der Waals surface area contributed by atoms with Crippen LogP contribution in [0.4, 0.5) is 0 Å². The predicted octanol–water partition coefficient (Wildman–Crippen LogP) is 1.69. The Morgan fingerprint density at radius 2 is 2.38 bits per heavy atom. The molecule has 1 aliphatic heterocycles. The highest BCUT2D eigenvalue weighted by atomic mass is 79.9. The molecule has 13 heavy (non-hydrogen) atoms. The quantitative estimate of drug-likeness (QED) is 0.826. The van der Waals surface area contributed by atoms with Gasteiger partial charge in [0.1, 0.15) is 0 Å². The Morgan fingerprint density at radius 3 is 2.77 bits per heavy atom. The number of halogens is 1. The fourth-order valence-electron chi connectivity index (χ4n) is 1.78. The zero-order chi connectivity index (χ0) is 10.0. The molecule has 3 nitrogen and oxygen atoms in total. The Morgan fingerprint density at radius 1 is 1.77 bits per heavy atom. The minimum absolute atomic E-state index is 0.117. The van der Waals surface area contributed by atoms with Crippen molar-refractivity contribution in [1.82, 2.24) is 4.90 Å². The molecule has 0 spiro atoms. The van der Waals surface area contributed by atoms with Crippen LogP contribution < -0.4 is 0 Å². The molecule has 0 aromatic heterocycles. The second kappa shape index (κ2) is 4.24. The zero-order valence-electron chi connectivity index (χ0n) is 7.66. The van der Waals surface area contributed by atoms with Crippen LogP contribution in [-0.4, -0.2) is 35.1 Å². The Labute approximate surface area is 86.5 Å². The highest BCUT2D eigenvalue weighted by molar-refractivity contribution is 9.11. The van der Waals surface area contributed by atoms with Gasteiger partial charge in [0.25, 0.3) is 0 Å². The van der Waals surface area contributed by atoms with Crippen LogP contribution in [0.25, 0.3) is 0 Å². The lowest BCUT2D eigenvalue weighted by molar-refractivity contribution is -0.142. The number of likely N-dealkylation sites (tertiary alicyclic amines) is 1. The summed E-state index contributed by atoms with van der Waals surface area (Å²) in [6.07, 6.45) is 0.747. The molecule has 0 amide bonds. The van der Waals surface area contributed by atoms with E-state index >= 15 is 0 Å². The molecule has 1 fully saturated rings. The maximum absolute atomic E-state index is 10.8. The third-order valence-corrected chi connectivity index (χ3v) is 2.83. The summed E-state index contributed by atoms with van der Waals surface area (Å²) in [5.74, 6) is -0.901. The van der Waals surface area contributed by atoms with Crippen LogP contribution in [0.3, 0.4) is 0 Å². The van der Waals surface area contributed by atoms with Gasteiger partial charge in [-0.3, -0.25) is 9.69 Å². The Bertz CT molecular complexity index is 230. The minimum Gasteiger partial charge on any atom is -0.481 e. The van der Waals surface area contributed by atoms with Gasteiger partial charge in [-0.25, -0.2) is 0 Å². The maximum Gasteiger partial charge on any atom is 0.308 e. The van der Waals surface area contributed by atoms with Crippen LogP contribution in [0.2, 0.25) is 0 Å². The van der Waals surface area contributed by atoms with Gasteiger partial charge in [-0.2, -0.15) is 0 Å². The summed E-state index contributed by atoms with van der Waals surface area (Å²) in [4.78, 5) is 12.9. The van der Waals surface area contributed by atoms with Gasteiger partial charge in [0, 0.05) is 17.1 Å². The summed E-state index contributed by atoms with van der Waals surface area (Å²) < 4.78 is 0.908. The van der Waals surface area contributed by atoms with Crippen molar-refractivity contribution in [3.05, 3.63) is 11.1 Å². The molecule has 1 N–H and O–H groups in total. The van der Waals surface area contributed by atoms with Crippen molar-refractivity contribution in [1.29, 1.82) is 0 Å². The van der Waals surface area contributed by atoms with Crippen LogP contribution in [-0.2, 0) is 4.79 Å². The fourth-order valence-corrected chi connectivity index (χ4v) is 2.10. The highest BCUT2D eigenvalue weighted by Gasteiger charge is 2.35. The topological polar surface area (TPSA) is 40.5 Å². The van der Waals surface area contributed by atoms with Crippen LogP contribution in [0.1, 0.15) is 13.3 Å². The van der Waals surface area contributed by atoms with Gasteiger partial charge in [-0.1, -0.05) is 22.5 Å². The number of carboxylic acid groups (broad SMARTS) is 1. The van der Waals surface area contributed by atoms with Gasteiger partial charge < -0.3 is 5.11 Å². The van der Waals surface area contributed by atoms with Gasteiger partial charge in [-0.05, 0) is 19.9 Å². The summed E-state index contributed by atoms with van der Waals surface area (Å²) in [7, 11) is 0. The van der Waals surface area contributed by atoms with E-state index in [-0.39, 0.29) is 12.0 Å². The zero-order valence-corrected chi connectivity index (χ0v) is 9.25. The first-order valence-electron chi connectivity index (χ1n) is 4.32. The first-order valence-corrected chi connectivity index (χ1v) is 5.12. The van der Waals surface area contributed by atoms with Crippen molar-refractivity contribution >= 4 is 21.9 Å². The van der Waals surface area contributed by atoms with Gasteiger partial charge in [0.05, 0.1) is 5.92 Å². The lowest BCUT2D eigenvalue weighted by Gasteiger charge is -2.22. The monoisotopic (exact) mass is 247 g/mol. The van der Waals surface area contributed by atoms with E-state index < -0.39 is 5.97 Å². The molecule has 1 heterocycles. The van der Waals surface area contributed by atoms with Gasteiger partial charge >= 0.3 is 5.97 Å². The summed E-state index contributed by atoms with van der Waals surface area (Å²) >= 11 is 3.29. The number of hydrogen-bond donors (Lipinski definition) is 1. The molecule has 1 aliphatic rings. The number of carbonyl (C=O) groups is 1. The third kappa shape index (κ3) is 2.54. The van der Waals surface area contributed by atoms with E-state index in [1.807, 2.05) is 6.92 Å². The van der Waals surface area contributed by atoms with Crippen molar-refractivity contribution < 1.29 is 9.90 Å².